The van der Waals surface area contributed by atoms with Gasteiger partial charge in [0.25, 0.3) is 15.9 Å². The second kappa shape index (κ2) is 7.93. The molecule has 0 radical (unpaired) electrons. The van der Waals surface area contributed by atoms with E-state index in [1.165, 1.54) is 0 Å². The standard InChI is InChI=1S/C21H26N2O4S/c1-14-5-6-15(2)20(11-14)28(25,26)22-19-9-7-18(8-10-19)21(24)23-12-16(3)27-17(4)13-23/h5-11,16-17,22H,12-13H2,1-4H3/t16-,17-/m1/s1. The summed E-state index contributed by atoms with van der Waals surface area (Å²) in [4.78, 5) is 14.7. The number of carbonyl (C=O) groups is 1. The third-order valence-electron chi connectivity index (χ3n) is 4.72. The average molecular weight is 403 g/mol. The van der Waals surface area contributed by atoms with Gasteiger partial charge in [0, 0.05) is 24.3 Å². The molecule has 2 atom stereocenters. The number of hydrogen-bond acceptors (Lipinski definition) is 4. The number of nitrogens with one attached hydrogen (secondary N) is 1. The van der Waals surface area contributed by atoms with Gasteiger partial charge in [0.05, 0.1) is 17.1 Å². The molecule has 0 unspecified atom stereocenters. The zero-order valence-corrected chi connectivity index (χ0v) is 17.4. The number of anilines is 1. The lowest BCUT2D eigenvalue weighted by atomic mass is 10.1. The molecule has 0 saturated carbocycles. The van der Waals surface area contributed by atoms with Crippen molar-refractivity contribution in [1.29, 1.82) is 0 Å². The number of ether oxygens (including phenoxy) is 1. The molecule has 2 aromatic carbocycles. The van der Waals surface area contributed by atoms with Crippen LogP contribution in [0.5, 0.6) is 0 Å². The molecular weight excluding hydrogens is 376 g/mol. The maximum Gasteiger partial charge on any atom is 0.262 e. The SMILES string of the molecule is Cc1ccc(C)c(S(=O)(=O)Nc2ccc(C(=O)N3C[C@@H](C)O[C@H](C)C3)cc2)c1. The lowest BCUT2D eigenvalue weighted by Gasteiger charge is -2.35. The Labute approximate surface area is 166 Å². The first-order valence-electron chi connectivity index (χ1n) is 9.30. The molecule has 1 aliphatic rings. The molecule has 6 nitrogen and oxygen atoms in total. The van der Waals surface area contributed by atoms with E-state index in [0.717, 1.165) is 5.56 Å². The Kier molecular flexibility index (Phi) is 5.76. The summed E-state index contributed by atoms with van der Waals surface area (Å²) >= 11 is 0. The van der Waals surface area contributed by atoms with Crippen molar-refractivity contribution < 1.29 is 17.9 Å². The maximum atomic E-state index is 12.7. The molecule has 1 amide bonds. The van der Waals surface area contributed by atoms with Crippen molar-refractivity contribution in [2.45, 2.75) is 44.8 Å². The molecule has 7 heteroatoms. The molecule has 1 N–H and O–H groups in total. The van der Waals surface area contributed by atoms with Crippen LogP contribution < -0.4 is 4.72 Å². The smallest absolute Gasteiger partial charge is 0.262 e. The van der Waals surface area contributed by atoms with Crippen molar-refractivity contribution in [3.8, 4) is 0 Å². The minimum atomic E-state index is -3.70. The van der Waals surface area contributed by atoms with Gasteiger partial charge in [-0.05, 0) is 69.2 Å². The molecule has 150 valence electrons. The molecule has 0 aliphatic carbocycles. The fraction of sp³-hybridized carbons (Fsp3) is 0.381. The van der Waals surface area contributed by atoms with E-state index in [1.807, 2.05) is 26.8 Å². The second-order valence-corrected chi connectivity index (χ2v) is 9.07. The molecule has 0 spiro atoms. The van der Waals surface area contributed by atoms with Crippen LogP contribution in [0.3, 0.4) is 0 Å². The van der Waals surface area contributed by atoms with Gasteiger partial charge in [0.15, 0.2) is 0 Å². The third-order valence-corrected chi connectivity index (χ3v) is 6.25. The summed E-state index contributed by atoms with van der Waals surface area (Å²) in [7, 11) is -3.70. The van der Waals surface area contributed by atoms with E-state index in [1.54, 1.807) is 48.2 Å². The topological polar surface area (TPSA) is 75.7 Å². The summed E-state index contributed by atoms with van der Waals surface area (Å²) in [6.07, 6.45) is -0.00676. The number of hydrogen-bond donors (Lipinski definition) is 1. The van der Waals surface area contributed by atoms with Crippen molar-refractivity contribution in [2.24, 2.45) is 0 Å². The minimum Gasteiger partial charge on any atom is -0.372 e. The van der Waals surface area contributed by atoms with Gasteiger partial charge < -0.3 is 9.64 Å². The molecule has 0 aromatic heterocycles. The van der Waals surface area contributed by atoms with Gasteiger partial charge in [0.2, 0.25) is 0 Å². The largest absolute Gasteiger partial charge is 0.372 e. The number of sulfonamides is 1. The molecule has 0 bridgehead atoms. The van der Waals surface area contributed by atoms with Gasteiger partial charge >= 0.3 is 0 Å². The first kappa shape index (κ1) is 20.4. The molecule has 1 aliphatic heterocycles. The maximum absolute atomic E-state index is 12.7. The zero-order chi connectivity index (χ0) is 20.5. The van der Waals surface area contributed by atoms with Crippen molar-refractivity contribution in [3.63, 3.8) is 0 Å². The predicted octanol–water partition coefficient (Wildman–Crippen LogP) is 3.35. The van der Waals surface area contributed by atoms with E-state index >= 15 is 0 Å². The number of aryl methyl sites for hydroxylation is 2. The molecular formula is C21H26N2O4S. The van der Waals surface area contributed by atoms with Gasteiger partial charge in [-0.25, -0.2) is 8.42 Å². The Hall–Kier alpha value is -2.38. The Bertz CT molecular complexity index is 960. The third kappa shape index (κ3) is 4.54. The summed E-state index contributed by atoms with van der Waals surface area (Å²) in [5.74, 6) is -0.0778. The van der Waals surface area contributed by atoms with Gasteiger partial charge in [-0.2, -0.15) is 0 Å². The highest BCUT2D eigenvalue weighted by Gasteiger charge is 2.26. The fourth-order valence-electron chi connectivity index (χ4n) is 3.41. The molecule has 1 heterocycles. The Morgan fingerprint density at radius 3 is 2.25 bits per heavy atom. The Balaban J connectivity index is 1.75. The highest BCUT2D eigenvalue weighted by atomic mass is 32.2. The monoisotopic (exact) mass is 402 g/mol. The van der Waals surface area contributed by atoms with Crippen LogP contribution in [0.25, 0.3) is 0 Å². The summed E-state index contributed by atoms with van der Waals surface area (Å²) < 4.78 is 33.7. The second-order valence-electron chi connectivity index (χ2n) is 7.42. The molecule has 28 heavy (non-hydrogen) atoms. The Morgan fingerprint density at radius 1 is 1.04 bits per heavy atom. The molecule has 1 fully saturated rings. The molecule has 2 aromatic rings. The van der Waals surface area contributed by atoms with Crippen molar-refractivity contribution in [2.75, 3.05) is 17.8 Å². The number of morpholine rings is 1. The van der Waals surface area contributed by atoms with Crippen LogP contribution in [0.1, 0.15) is 35.3 Å². The van der Waals surface area contributed by atoms with Crippen LogP contribution in [0.4, 0.5) is 5.69 Å². The summed E-state index contributed by atoms with van der Waals surface area (Å²) in [5, 5.41) is 0. The van der Waals surface area contributed by atoms with Gasteiger partial charge in [-0.3, -0.25) is 9.52 Å². The van der Waals surface area contributed by atoms with Gasteiger partial charge in [0.1, 0.15) is 0 Å². The predicted molar refractivity (Wildman–Crippen MR) is 109 cm³/mol. The van der Waals surface area contributed by atoms with E-state index in [0.29, 0.717) is 29.9 Å². The van der Waals surface area contributed by atoms with Crippen LogP contribution in [0.15, 0.2) is 47.4 Å². The number of rotatable bonds is 4. The van der Waals surface area contributed by atoms with E-state index < -0.39 is 10.0 Å². The van der Waals surface area contributed by atoms with E-state index in [-0.39, 0.29) is 23.0 Å². The minimum absolute atomic E-state index is 0.00338. The van der Waals surface area contributed by atoms with Gasteiger partial charge in [-0.15, -0.1) is 0 Å². The quantitative estimate of drug-likeness (QED) is 0.851. The lowest BCUT2D eigenvalue weighted by molar-refractivity contribution is -0.0586. The first-order chi connectivity index (χ1) is 13.2. The molecule has 1 saturated heterocycles. The highest BCUT2D eigenvalue weighted by molar-refractivity contribution is 7.92. The zero-order valence-electron chi connectivity index (χ0n) is 16.6. The van der Waals surface area contributed by atoms with Crippen molar-refractivity contribution >= 4 is 21.6 Å². The van der Waals surface area contributed by atoms with E-state index in [2.05, 4.69) is 4.72 Å². The summed E-state index contributed by atoms with van der Waals surface area (Å²) in [5.41, 5.74) is 2.50. The fourth-order valence-corrected chi connectivity index (χ4v) is 4.80. The number of benzene rings is 2. The van der Waals surface area contributed by atoms with Crippen LogP contribution in [0, 0.1) is 13.8 Å². The Morgan fingerprint density at radius 2 is 1.64 bits per heavy atom. The normalized spacial score (nSPS) is 20.1. The first-order valence-corrected chi connectivity index (χ1v) is 10.8. The van der Waals surface area contributed by atoms with Crippen LogP contribution >= 0.6 is 0 Å². The lowest BCUT2D eigenvalue weighted by Crippen LogP contribution is -2.48. The number of carbonyl (C=O) groups excluding carboxylic acids is 1. The van der Waals surface area contributed by atoms with Crippen LogP contribution in [0.2, 0.25) is 0 Å². The van der Waals surface area contributed by atoms with E-state index in [4.69, 9.17) is 4.74 Å². The number of nitrogens with zero attached hydrogens (tertiary/aromatic N) is 1. The highest BCUT2D eigenvalue weighted by Crippen LogP contribution is 2.22. The van der Waals surface area contributed by atoms with Crippen molar-refractivity contribution in [3.05, 3.63) is 59.2 Å². The van der Waals surface area contributed by atoms with E-state index in [9.17, 15) is 13.2 Å². The summed E-state index contributed by atoms with van der Waals surface area (Å²) in [6.45, 7) is 8.60. The van der Waals surface area contributed by atoms with Gasteiger partial charge in [-0.1, -0.05) is 12.1 Å². The van der Waals surface area contributed by atoms with Crippen molar-refractivity contribution in [1.82, 2.24) is 4.90 Å². The molecule has 3 rings (SSSR count). The summed E-state index contributed by atoms with van der Waals surface area (Å²) in [6, 6.07) is 11.8. The van der Waals surface area contributed by atoms with Crippen LogP contribution in [-0.4, -0.2) is 44.5 Å². The van der Waals surface area contributed by atoms with Crippen LogP contribution in [-0.2, 0) is 14.8 Å². The number of amides is 1. The average Bonchev–Trinajstić information content (AvgIpc) is 2.62.